The molecule has 0 aliphatic carbocycles. The molecule has 4 heteroatoms. The van der Waals surface area contributed by atoms with E-state index in [1.54, 1.807) is 0 Å². The number of nitrogens with one attached hydrogen (secondary N) is 2. The fraction of sp³-hybridized carbons (Fsp3) is 0.600. The smallest absolute Gasteiger partial charge is 0.0612 e. The van der Waals surface area contributed by atoms with Gasteiger partial charge < -0.3 is 10.6 Å². The third-order valence-electron chi connectivity index (χ3n) is 3.81. The van der Waals surface area contributed by atoms with Gasteiger partial charge in [0.15, 0.2) is 0 Å². The van der Waals surface area contributed by atoms with E-state index in [1.165, 1.54) is 19.3 Å². The van der Waals surface area contributed by atoms with Gasteiger partial charge in [0.1, 0.15) is 0 Å². The van der Waals surface area contributed by atoms with Gasteiger partial charge in [-0.2, -0.15) is 0 Å². The molecule has 1 fully saturated rings. The summed E-state index contributed by atoms with van der Waals surface area (Å²) in [5.41, 5.74) is 1.07. The molecule has 1 aromatic rings. The van der Waals surface area contributed by atoms with Crippen molar-refractivity contribution in [2.45, 2.75) is 38.6 Å². The minimum Gasteiger partial charge on any atom is -0.382 e. The first kappa shape index (κ1) is 15.0. The van der Waals surface area contributed by atoms with Crippen LogP contribution in [0.1, 0.15) is 32.6 Å². The summed E-state index contributed by atoms with van der Waals surface area (Å²) < 4.78 is 0. The first-order chi connectivity index (χ1) is 9.20. The Morgan fingerprint density at radius 3 is 2.89 bits per heavy atom. The average Bonchev–Trinajstić information content (AvgIpc) is 2.42. The van der Waals surface area contributed by atoms with Gasteiger partial charge in [-0.05, 0) is 50.0 Å². The second kappa shape index (κ2) is 7.37. The summed E-state index contributed by atoms with van der Waals surface area (Å²) in [5, 5.41) is 8.35. The highest BCUT2D eigenvalue weighted by molar-refractivity contribution is 6.42. The van der Waals surface area contributed by atoms with E-state index < -0.39 is 0 Å². The van der Waals surface area contributed by atoms with Gasteiger partial charge >= 0.3 is 0 Å². The van der Waals surface area contributed by atoms with Crippen LogP contribution in [0.3, 0.4) is 0 Å². The number of piperidine rings is 1. The van der Waals surface area contributed by atoms with Gasteiger partial charge in [-0.1, -0.05) is 43.0 Å². The molecular weight excluding hydrogens is 279 g/mol. The van der Waals surface area contributed by atoms with E-state index in [0.717, 1.165) is 25.2 Å². The Morgan fingerprint density at radius 1 is 1.32 bits per heavy atom. The number of unbranched alkanes of at least 4 members (excludes halogenated alkanes) is 1. The molecule has 1 aromatic carbocycles. The highest BCUT2D eigenvalue weighted by Gasteiger charge is 2.24. The van der Waals surface area contributed by atoms with Crippen LogP contribution >= 0.6 is 23.2 Å². The van der Waals surface area contributed by atoms with Crippen molar-refractivity contribution in [2.24, 2.45) is 5.92 Å². The van der Waals surface area contributed by atoms with E-state index >= 15 is 0 Å². The predicted molar refractivity (Wildman–Crippen MR) is 84.4 cm³/mol. The molecule has 106 valence electrons. The Kier molecular flexibility index (Phi) is 5.80. The first-order valence-corrected chi connectivity index (χ1v) is 7.88. The molecule has 2 N–H and O–H groups in total. The molecule has 2 unspecified atom stereocenters. The number of hydrogen-bond donors (Lipinski definition) is 2. The second-order valence-corrected chi connectivity index (χ2v) is 6.09. The second-order valence-electron chi connectivity index (χ2n) is 5.27. The number of anilines is 1. The Morgan fingerprint density at radius 2 is 2.16 bits per heavy atom. The maximum absolute atomic E-state index is 6.07. The topological polar surface area (TPSA) is 24.1 Å². The van der Waals surface area contributed by atoms with E-state index in [2.05, 4.69) is 17.6 Å². The van der Waals surface area contributed by atoms with Gasteiger partial charge in [0.25, 0.3) is 0 Å². The van der Waals surface area contributed by atoms with Gasteiger partial charge in [-0.3, -0.25) is 0 Å². The van der Waals surface area contributed by atoms with Crippen molar-refractivity contribution in [1.82, 2.24) is 5.32 Å². The predicted octanol–water partition coefficient (Wildman–Crippen LogP) is 4.57. The molecule has 2 nitrogen and oxygen atoms in total. The zero-order chi connectivity index (χ0) is 13.7. The van der Waals surface area contributed by atoms with E-state index in [1.807, 2.05) is 18.2 Å². The molecule has 0 spiro atoms. The normalized spacial score (nSPS) is 23.3. The Balaban J connectivity index is 1.99. The minimum atomic E-state index is 0.532. The molecule has 19 heavy (non-hydrogen) atoms. The van der Waals surface area contributed by atoms with E-state index in [9.17, 15) is 0 Å². The van der Waals surface area contributed by atoms with Gasteiger partial charge in [0, 0.05) is 11.7 Å². The molecule has 0 radical (unpaired) electrons. The largest absolute Gasteiger partial charge is 0.382 e. The SMILES string of the molecule is CCCCC1CNCCC1Nc1ccc(Cl)c(Cl)c1. The molecule has 2 atom stereocenters. The fourth-order valence-electron chi connectivity index (χ4n) is 2.68. The van der Waals surface area contributed by atoms with Crippen LogP contribution in [0.15, 0.2) is 18.2 Å². The van der Waals surface area contributed by atoms with Gasteiger partial charge in [-0.15, -0.1) is 0 Å². The van der Waals surface area contributed by atoms with Crippen molar-refractivity contribution >= 4 is 28.9 Å². The van der Waals surface area contributed by atoms with Gasteiger partial charge in [0.05, 0.1) is 10.0 Å². The molecule has 1 aliphatic rings. The summed E-state index contributed by atoms with van der Waals surface area (Å²) in [4.78, 5) is 0. The monoisotopic (exact) mass is 300 g/mol. The Bertz CT molecular complexity index is 409. The number of benzene rings is 1. The summed E-state index contributed by atoms with van der Waals surface area (Å²) in [7, 11) is 0. The maximum atomic E-state index is 6.07. The lowest BCUT2D eigenvalue weighted by molar-refractivity contribution is 0.319. The maximum Gasteiger partial charge on any atom is 0.0612 e. The molecule has 0 aromatic heterocycles. The lowest BCUT2D eigenvalue weighted by Crippen LogP contribution is -2.43. The van der Waals surface area contributed by atoms with Crippen LogP contribution in [0.4, 0.5) is 5.69 Å². The van der Waals surface area contributed by atoms with Gasteiger partial charge in [-0.25, -0.2) is 0 Å². The van der Waals surface area contributed by atoms with E-state index in [0.29, 0.717) is 22.0 Å². The van der Waals surface area contributed by atoms with Crippen LogP contribution < -0.4 is 10.6 Å². The molecule has 1 saturated heterocycles. The van der Waals surface area contributed by atoms with Crippen molar-refractivity contribution < 1.29 is 0 Å². The van der Waals surface area contributed by atoms with E-state index in [-0.39, 0.29) is 0 Å². The molecule has 0 saturated carbocycles. The molecule has 2 rings (SSSR count). The third kappa shape index (κ3) is 4.27. The van der Waals surface area contributed by atoms with Crippen molar-refractivity contribution in [3.63, 3.8) is 0 Å². The quantitative estimate of drug-likeness (QED) is 0.832. The number of hydrogen-bond acceptors (Lipinski definition) is 2. The fourth-order valence-corrected chi connectivity index (χ4v) is 2.98. The standard InChI is InChI=1S/C15H22Cl2N2/c1-2-3-4-11-10-18-8-7-15(11)19-12-5-6-13(16)14(17)9-12/h5-6,9,11,15,18-19H,2-4,7-8,10H2,1H3. The lowest BCUT2D eigenvalue weighted by Gasteiger charge is -2.33. The van der Waals surface area contributed by atoms with Gasteiger partial charge in [0.2, 0.25) is 0 Å². The van der Waals surface area contributed by atoms with E-state index in [4.69, 9.17) is 23.2 Å². The van der Waals surface area contributed by atoms with Crippen molar-refractivity contribution in [3.8, 4) is 0 Å². The summed E-state index contributed by atoms with van der Waals surface area (Å²) in [6.07, 6.45) is 5.00. The molecular formula is C15H22Cl2N2. The van der Waals surface area contributed by atoms with Crippen molar-refractivity contribution in [2.75, 3.05) is 18.4 Å². The van der Waals surface area contributed by atoms with Crippen LogP contribution in [0.2, 0.25) is 10.0 Å². The molecule has 1 heterocycles. The van der Waals surface area contributed by atoms with Crippen molar-refractivity contribution in [1.29, 1.82) is 0 Å². The Hall–Kier alpha value is -0.440. The summed E-state index contributed by atoms with van der Waals surface area (Å²) in [5.74, 6) is 0.697. The highest BCUT2D eigenvalue weighted by Crippen LogP contribution is 2.27. The van der Waals surface area contributed by atoms with Crippen LogP contribution in [-0.2, 0) is 0 Å². The number of rotatable bonds is 5. The van der Waals surface area contributed by atoms with Crippen LogP contribution in [0.5, 0.6) is 0 Å². The summed E-state index contributed by atoms with van der Waals surface area (Å²) in [6.45, 7) is 4.44. The molecule has 0 bridgehead atoms. The van der Waals surface area contributed by atoms with Crippen LogP contribution in [0.25, 0.3) is 0 Å². The summed E-state index contributed by atoms with van der Waals surface area (Å²) in [6, 6.07) is 6.31. The van der Waals surface area contributed by atoms with Crippen LogP contribution in [0, 0.1) is 5.92 Å². The average molecular weight is 301 g/mol. The zero-order valence-electron chi connectivity index (χ0n) is 11.4. The number of halogens is 2. The van der Waals surface area contributed by atoms with Crippen molar-refractivity contribution in [3.05, 3.63) is 28.2 Å². The summed E-state index contributed by atoms with van der Waals surface area (Å²) >= 11 is 12.0. The highest BCUT2D eigenvalue weighted by atomic mass is 35.5. The zero-order valence-corrected chi connectivity index (χ0v) is 12.9. The first-order valence-electron chi connectivity index (χ1n) is 7.13. The molecule has 1 aliphatic heterocycles. The third-order valence-corrected chi connectivity index (χ3v) is 4.55. The lowest BCUT2D eigenvalue weighted by atomic mass is 9.88. The van der Waals surface area contributed by atoms with Crippen LogP contribution in [-0.4, -0.2) is 19.1 Å². The molecule has 0 amide bonds. The Labute approximate surface area is 125 Å². The minimum absolute atomic E-state index is 0.532.